The highest BCUT2D eigenvalue weighted by Crippen LogP contribution is 2.05. The molecule has 2 rings (SSSR count). The highest BCUT2D eigenvalue weighted by Gasteiger charge is 2.13. The molecule has 1 saturated heterocycles. The van der Waals surface area contributed by atoms with Crippen LogP contribution in [0.1, 0.15) is 5.56 Å². The van der Waals surface area contributed by atoms with Gasteiger partial charge in [0.2, 0.25) is 0 Å². The zero-order chi connectivity index (χ0) is 10.7. The number of nitrogens with zero attached hydrogens (tertiary/aromatic N) is 3. The summed E-state index contributed by atoms with van der Waals surface area (Å²) in [4.78, 5) is 8.90. The van der Waals surface area contributed by atoms with Crippen molar-refractivity contribution in [3.8, 4) is 0 Å². The molecule has 0 amide bonds. The zero-order valence-corrected chi connectivity index (χ0v) is 9.19. The van der Waals surface area contributed by atoms with E-state index in [1.165, 1.54) is 5.56 Å². The summed E-state index contributed by atoms with van der Waals surface area (Å²) in [7, 11) is 7.86. The SMILES string of the molecule is [B]c1cncc(CN2CCN(C)CC2)c1. The van der Waals surface area contributed by atoms with E-state index in [1.54, 1.807) is 6.20 Å². The summed E-state index contributed by atoms with van der Waals surface area (Å²) in [6.07, 6.45) is 3.59. The van der Waals surface area contributed by atoms with Gasteiger partial charge in [-0.05, 0) is 12.6 Å². The Morgan fingerprint density at radius 3 is 2.67 bits per heavy atom. The van der Waals surface area contributed by atoms with Gasteiger partial charge in [0.05, 0.1) is 0 Å². The number of hydrogen-bond donors (Lipinski definition) is 0. The Morgan fingerprint density at radius 2 is 2.00 bits per heavy atom. The lowest BCUT2D eigenvalue weighted by atomic mass is 9.97. The smallest absolute Gasteiger partial charge is 0.115 e. The van der Waals surface area contributed by atoms with E-state index in [1.807, 2.05) is 12.3 Å². The first-order valence-corrected chi connectivity index (χ1v) is 5.34. The van der Waals surface area contributed by atoms with Gasteiger partial charge in [0.1, 0.15) is 7.85 Å². The molecule has 0 bridgehead atoms. The molecule has 1 aromatic rings. The van der Waals surface area contributed by atoms with Gasteiger partial charge in [-0.25, -0.2) is 0 Å². The monoisotopic (exact) mass is 201 g/mol. The van der Waals surface area contributed by atoms with Gasteiger partial charge >= 0.3 is 0 Å². The standard InChI is InChI=1S/C11H16BN3/c1-14-2-4-15(5-3-14)9-10-6-11(12)8-13-7-10/h6-8H,2-5,9H2,1H3. The van der Waals surface area contributed by atoms with Crippen LogP contribution in [0.5, 0.6) is 0 Å². The molecule has 1 aliphatic heterocycles. The molecule has 0 aliphatic carbocycles. The third-order valence-electron chi connectivity index (χ3n) is 2.82. The van der Waals surface area contributed by atoms with Crippen molar-refractivity contribution in [1.29, 1.82) is 0 Å². The van der Waals surface area contributed by atoms with Gasteiger partial charge in [0.15, 0.2) is 0 Å². The Morgan fingerprint density at radius 1 is 1.27 bits per heavy atom. The van der Waals surface area contributed by atoms with Crippen molar-refractivity contribution in [1.82, 2.24) is 14.8 Å². The van der Waals surface area contributed by atoms with Crippen molar-refractivity contribution in [2.45, 2.75) is 6.54 Å². The van der Waals surface area contributed by atoms with Crippen LogP contribution in [0.25, 0.3) is 0 Å². The van der Waals surface area contributed by atoms with Gasteiger partial charge in [0.25, 0.3) is 0 Å². The Kier molecular flexibility index (Phi) is 3.39. The predicted octanol–water partition coefficient (Wildman–Crippen LogP) is -0.377. The normalized spacial score (nSPS) is 19.3. The summed E-state index contributed by atoms with van der Waals surface area (Å²) in [6.45, 7) is 5.52. The Labute approximate surface area is 92.5 Å². The molecule has 0 N–H and O–H groups in total. The first kappa shape index (κ1) is 10.6. The molecular weight excluding hydrogens is 185 g/mol. The molecule has 1 aliphatic rings. The topological polar surface area (TPSA) is 19.4 Å². The van der Waals surface area contributed by atoms with Gasteiger partial charge in [-0.15, -0.1) is 0 Å². The van der Waals surface area contributed by atoms with Gasteiger partial charge < -0.3 is 4.90 Å². The second-order valence-corrected chi connectivity index (χ2v) is 4.21. The molecule has 4 heteroatoms. The first-order chi connectivity index (χ1) is 7.24. The van der Waals surface area contributed by atoms with Crippen LogP contribution < -0.4 is 5.46 Å². The minimum absolute atomic E-state index is 0.752. The quantitative estimate of drug-likeness (QED) is 0.608. The maximum Gasteiger partial charge on any atom is 0.115 e. The fourth-order valence-corrected chi connectivity index (χ4v) is 1.86. The Hall–Kier alpha value is -0.865. The summed E-state index contributed by atoms with van der Waals surface area (Å²) in [5.74, 6) is 0. The zero-order valence-electron chi connectivity index (χ0n) is 9.19. The van der Waals surface area contributed by atoms with Crippen molar-refractivity contribution in [2.75, 3.05) is 33.2 Å². The molecule has 0 atom stereocenters. The summed E-state index contributed by atoms with van der Waals surface area (Å²) < 4.78 is 0. The highest BCUT2D eigenvalue weighted by molar-refractivity contribution is 6.32. The lowest BCUT2D eigenvalue weighted by Gasteiger charge is -2.32. The van der Waals surface area contributed by atoms with Crippen molar-refractivity contribution in [2.24, 2.45) is 0 Å². The van der Waals surface area contributed by atoms with Gasteiger partial charge in [-0.2, -0.15) is 0 Å². The van der Waals surface area contributed by atoms with Gasteiger partial charge in [0, 0.05) is 45.1 Å². The fourth-order valence-electron chi connectivity index (χ4n) is 1.86. The average molecular weight is 201 g/mol. The number of rotatable bonds is 2. The van der Waals surface area contributed by atoms with Crippen molar-refractivity contribution in [3.05, 3.63) is 24.0 Å². The van der Waals surface area contributed by atoms with E-state index in [0.717, 1.165) is 38.2 Å². The lowest BCUT2D eigenvalue weighted by Crippen LogP contribution is -2.43. The molecule has 1 aromatic heterocycles. The number of likely N-dealkylation sites (N-methyl/N-ethyl adjacent to an activating group) is 1. The summed E-state index contributed by atoms with van der Waals surface area (Å²) in [5, 5.41) is 0. The molecular formula is C11H16BN3. The van der Waals surface area contributed by atoms with Crippen molar-refractivity contribution in [3.63, 3.8) is 0 Å². The molecule has 2 heterocycles. The Bertz CT molecular complexity index is 321. The summed E-state index contributed by atoms with van der Waals surface area (Å²) in [6, 6.07) is 2.01. The second-order valence-electron chi connectivity index (χ2n) is 4.21. The third kappa shape index (κ3) is 3.04. The minimum atomic E-state index is 0.752. The minimum Gasteiger partial charge on any atom is -0.304 e. The predicted molar refractivity (Wildman–Crippen MR) is 62.4 cm³/mol. The molecule has 0 unspecified atom stereocenters. The molecule has 1 fully saturated rings. The van der Waals surface area contributed by atoms with Crippen LogP contribution in [0.2, 0.25) is 0 Å². The molecule has 0 aromatic carbocycles. The average Bonchev–Trinajstić information content (AvgIpc) is 2.22. The van der Waals surface area contributed by atoms with Crippen LogP contribution in [-0.4, -0.2) is 55.9 Å². The highest BCUT2D eigenvalue weighted by atomic mass is 15.2. The maximum atomic E-state index is 5.70. The lowest BCUT2D eigenvalue weighted by molar-refractivity contribution is 0.148. The molecule has 0 spiro atoms. The molecule has 0 saturated carbocycles. The van der Waals surface area contributed by atoms with E-state index < -0.39 is 0 Å². The van der Waals surface area contributed by atoms with Crippen LogP contribution in [0, 0.1) is 0 Å². The third-order valence-corrected chi connectivity index (χ3v) is 2.82. The van der Waals surface area contributed by atoms with Crippen LogP contribution in [0.4, 0.5) is 0 Å². The van der Waals surface area contributed by atoms with Crippen molar-refractivity contribution < 1.29 is 0 Å². The summed E-state index contributed by atoms with van der Waals surface area (Å²) >= 11 is 0. The van der Waals surface area contributed by atoms with Gasteiger partial charge in [-0.3, -0.25) is 9.88 Å². The number of aromatic nitrogens is 1. The maximum absolute atomic E-state index is 5.70. The fraction of sp³-hybridized carbons (Fsp3) is 0.545. The van der Waals surface area contributed by atoms with Crippen LogP contribution >= 0.6 is 0 Å². The van der Waals surface area contributed by atoms with E-state index in [4.69, 9.17) is 7.85 Å². The Balaban J connectivity index is 1.92. The van der Waals surface area contributed by atoms with E-state index >= 15 is 0 Å². The molecule has 3 nitrogen and oxygen atoms in total. The van der Waals surface area contributed by atoms with Gasteiger partial charge in [-0.1, -0.05) is 11.5 Å². The molecule has 78 valence electrons. The van der Waals surface area contributed by atoms with E-state index in [2.05, 4.69) is 21.8 Å². The van der Waals surface area contributed by atoms with Crippen LogP contribution in [0.15, 0.2) is 18.5 Å². The summed E-state index contributed by atoms with van der Waals surface area (Å²) in [5.41, 5.74) is 1.96. The first-order valence-electron chi connectivity index (χ1n) is 5.34. The largest absolute Gasteiger partial charge is 0.304 e. The molecule has 15 heavy (non-hydrogen) atoms. The van der Waals surface area contributed by atoms with E-state index in [-0.39, 0.29) is 0 Å². The van der Waals surface area contributed by atoms with Crippen LogP contribution in [0.3, 0.4) is 0 Å². The van der Waals surface area contributed by atoms with E-state index in [9.17, 15) is 0 Å². The number of piperazine rings is 1. The van der Waals surface area contributed by atoms with Crippen LogP contribution in [-0.2, 0) is 6.54 Å². The number of pyridine rings is 1. The number of hydrogen-bond acceptors (Lipinski definition) is 3. The molecule has 2 radical (unpaired) electrons. The second kappa shape index (κ2) is 4.77. The van der Waals surface area contributed by atoms with Crippen molar-refractivity contribution >= 4 is 13.3 Å². The van der Waals surface area contributed by atoms with E-state index in [0.29, 0.717) is 0 Å².